The summed E-state index contributed by atoms with van der Waals surface area (Å²) in [5.41, 5.74) is 5.58. The molecule has 5 heterocycles. The van der Waals surface area contributed by atoms with Crippen LogP contribution in [0.2, 0.25) is 0 Å². The number of hydrogen-bond acceptors (Lipinski definition) is 12. The third-order valence-corrected chi connectivity index (χ3v) is 13.9. The molecule has 4 bridgehead atoms. The lowest BCUT2D eigenvalue weighted by Crippen LogP contribution is -2.64. The van der Waals surface area contributed by atoms with Gasteiger partial charge < -0.3 is 30.5 Å². The molecule has 4 aromatic heterocycles. The van der Waals surface area contributed by atoms with Gasteiger partial charge in [-0.05, 0) is 119 Å². The molecule has 4 fully saturated rings. The monoisotopic (exact) mass is 791 g/mol. The van der Waals surface area contributed by atoms with E-state index in [2.05, 4.69) is 52.4 Å². The maximum atomic E-state index is 12.9. The standard InChI is InChI=1S/C43H53N9O4S/c1-27-29-9-7-16-51(37(29)50-49-36(27)48-39-46-32-10-5-6-11-33(32)57-39)34-13-12-30(35(47-34)38(54)55)31-19-45-52(28(31)2)26-42-21-40(3)20-41(4,22-42)24-43(23-40,25-42)56-18-15-44-14-8-17-53/h5-6,10-13,19,44,53H,7-9,14-18,20-26H2,1-4H3,(H,54,55)(H,46,48,49)/t40-,41+,42+,43-. The maximum Gasteiger partial charge on any atom is 0.355 e. The van der Waals surface area contributed by atoms with E-state index in [0.29, 0.717) is 36.2 Å². The largest absolute Gasteiger partial charge is 0.476 e. The summed E-state index contributed by atoms with van der Waals surface area (Å²) >= 11 is 1.58. The molecule has 0 unspecified atom stereocenters. The molecule has 14 heteroatoms. The zero-order valence-corrected chi connectivity index (χ0v) is 34.2. The van der Waals surface area contributed by atoms with Crippen molar-refractivity contribution in [2.75, 3.05) is 43.1 Å². The zero-order chi connectivity index (χ0) is 39.6. The second-order valence-corrected chi connectivity index (χ2v) is 19.1. The van der Waals surface area contributed by atoms with E-state index in [1.54, 1.807) is 11.3 Å². The minimum absolute atomic E-state index is 0.00384. The Hall–Kier alpha value is -4.50. The first kappa shape index (κ1) is 38.0. The summed E-state index contributed by atoms with van der Waals surface area (Å²) in [6, 6.07) is 11.8. The third kappa shape index (κ3) is 7.08. The second kappa shape index (κ2) is 14.4. The van der Waals surface area contributed by atoms with Crippen molar-refractivity contribution >= 4 is 50.1 Å². The third-order valence-electron chi connectivity index (χ3n) is 13.0. The fourth-order valence-corrected chi connectivity index (χ4v) is 12.8. The van der Waals surface area contributed by atoms with Crippen LogP contribution in [0.1, 0.15) is 92.5 Å². The van der Waals surface area contributed by atoms with Crippen LogP contribution in [0.25, 0.3) is 21.3 Å². The Labute approximate surface area is 337 Å². The lowest BCUT2D eigenvalue weighted by atomic mass is 9.39. The molecule has 1 aliphatic heterocycles. The van der Waals surface area contributed by atoms with E-state index in [0.717, 1.165) is 109 Å². The van der Waals surface area contributed by atoms with E-state index in [1.165, 1.54) is 6.42 Å². The summed E-state index contributed by atoms with van der Waals surface area (Å²) in [6.07, 6.45) is 10.9. The molecule has 0 amide bonds. The Balaban J connectivity index is 0.960. The first-order valence-electron chi connectivity index (χ1n) is 20.4. The number of pyridine rings is 1. The number of rotatable bonds is 14. The summed E-state index contributed by atoms with van der Waals surface area (Å²) in [7, 11) is 0. The Morgan fingerprint density at radius 2 is 1.77 bits per heavy atom. The number of hydrogen-bond donors (Lipinski definition) is 4. The van der Waals surface area contributed by atoms with E-state index in [-0.39, 0.29) is 34.1 Å². The minimum Gasteiger partial charge on any atom is -0.476 e. The number of aliphatic hydroxyl groups is 1. The van der Waals surface area contributed by atoms with Gasteiger partial charge in [0.1, 0.15) is 5.82 Å². The van der Waals surface area contributed by atoms with Crippen LogP contribution in [0.5, 0.6) is 0 Å². The van der Waals surface area contributed by atoms with Crippen LogP contribution >= 0.6 is 11.3 Å². The molecule has 0 saturated heterocycles. The van der Waals surface area contributed by atoms with Crippen LogP contribution in [-0.2, 0) is 17.7 Å². The number of para-hydroxylation sites is 1. The molecule has 4 saturated carbocycles. The molecule has 4 atom stereocenters. The highest BCUT2D eigenvalue weighted by Crippen LogP contribution is 2.72. The summed E-state index contributed by atoms with van der Waals surface area (Å²) in [5, 5.41) is 41.4. The van der Waals surface area contributed by atoms with Gasteiger partial charge >= 0.3 is 5.97 Å². The molecule has 13 nitrogen and oxygen atoms in total. The number of aromatic carboxylic acids is 1. The molecule has 5 aliphatic rings. The average Bonchev–Trinajstić information content (AvgIpc) is 3.74. The molecule has 4 N–H and O–H groups in total. The van der Waals surface area contributed by atoms with Gasteiger partial charge in [0.2, 0.25) is 0 Å². The highest BCUT2D eigenvalue weighted by Gasteiger charge is 2.66. The lowest BCUT2D eigenvalue weighted by Gasteiger charge is -2.69. The fraction of sp³-hybridized carbons (Fsp3) is 0.535. The van der Waals surface area contributed by atoms with Crippen LogP contribution < -0.4 is 15.5 Å². The van der Waals surface area contributed by atoms with Crippen LogP contribution in [0.4, 0.5) is 22.6 Å². The lowest BCUT2D eigenvalue weighted by molar-refractivity contribution is -0.247. The second-order valence-electron chi connectivity index (χ2n) is 18.1. The Morgan fingerprint density at radius 1 is 0.965 bits per heavy atom. The van der Waals surface area contributed by atoms with Crippen molar-refractivity contribution in [1.82, 2.24) is 35.3 Å². The topological polar surface area (TPSA) is 163 Å². The van der Waals surface area contributed by atoms with Gasteiger partial charge in [0.15, 0.2) is 22.5 Å². The molecule has 0 spiro atoms. The predicted molar refractivity (Wildman–Crippen MR) is 222 cm³/mol. The van der Waals surface area contributed by atoms with Crippen molar-refractivity contribution in [2.24, 2.45) is 16.2 Å². The van der Waals surface area contributed by atoms with Crippen LogP contribution in [0, 0.1) is 30.1 Å². The Morgan fingerprint density at radius 3 is 2.54 bits per heavy atom. The van der Waals surface area contributed by atoms with E-state index in [4.69, 9.17) is 24.9 Å². The highest BCUT2D eigenvalue weighted by atomic mass is 32.1. The summed E-state index contributed by atoms with van der Waals surface area (Å²) in [4.78, 5) is 24.4. The number of fused-ring (bicyclic) bond motifs is 2. The number of carboxylic acid groups (broad SMARTS) is 1. The van der Waals surface area contributed by atoms with E-state index >= 15 is 0 Å². The van der Waals surface area contributed by atoms with Gasteiger partial charge in [0, 0.05) is 54.2 Å². The summed E-state index contributed by atoms with van der Waals surface area (Å²) < 4.78 is 10.1. The van der Waals surface area contributed by atoms with E-state index in [9.17, 15) is 9.90 Å². The molecule has 300 valence electrons. The normalized spacial score (nSPS) is 26.3. The SMILES string of the molecule is Cc1c(Nc2nc3ccccc3s2)nnc2c1CCCN2c1ccc(-c2cnn(C[C@]34C[C@]5(C)C[C@](C)(C3)C[C@@](OCCNCCCO)(C5)C4)c2C)c(C(=O)O)n1. The number of thiazole rings is 1. The number of nitrogens with zero attached hydrogens (tertiary/aromatic N) is 7. The van der Waals surface area contributed by atoms with Crippen molar-refractivity contribution in [1.29, 1.82) is 0 Å². The van der Waals surface area contributed by atoms with Crippen LogP contribution in [0.3, 0.4) is 0 Å². The number of carboxylic acids is 1. The minimum atomic E-state index is -1.08. The molecule has 10 rings (SSSR count). The van der Waals surface area contributed by atoms with Crippen molar-refractivity contribution in [3.05, 3.63) is 65.1 Å². The first-order chi connectivity index (χ1) is 27.4. The summed E-state index contributed by atoms with van der Waals surface area (Å²) in [6.45, 7) is 12.9. The maximum absolute atomic E-state index is 12.9. The smallest absolute Gasteiger partial charge is 0.355 e. The van der Waals surface area contributed by atoms with Gasteiger partial charge in [0.05, 0.1) is 28.6 Å². The molecule has 57 heavy (non-hydrogen) atoms. The van der Waals surface area contributed by atoms with Gasteiger partial charge in [0.25, 0.3) is 0 Å². The molecular weight excluding hydrogens is 739 g/mol. The number of nitrogens with one attached hydrogen (secondary N) is 2. The predicted octanol–water partition coefficient (Wildman–Crippen LogP) is 7.60. The number of aliphatic hydroxyl groups excluding tert-OH is 1. The van der Waals surface area contributed by atoms with Crippen molar-refractivity contribution in [2.45, 2.75) is 97.6 Å². The van der Waals surface area contributed by atoms with Crippen molar-refractivity contribution in [3.63, 3.8) is 0 Å². The Kier molecular flexibility index (Phi) is 9.61. The molecular formula is C43H53N9O4S. The van der Waals surface area contributed by atoms with Gasteiger partial charge in [-0.2, -0.15) is 5.10 Å². The quantitative estimate of drug-likeness (QED) is 0.0817. The van der Waals surface area contributed by atoms with Crippen LogP contribution in [-0.4, -0.2) is 84.6 Å². The molecule has 5 aromatic rings. The van der Waals surface area contributed by atoms with Crippen molar-refractivity contribution in [3.8, 4) is 11.1 Å². The zero-order valence-electron chi connectivity index (χ0n) is 33.4. The van der Waals surface area contributed by atoms with E-state index in [1.807, 2.05) is 48.4 Å². The van der Waals surface area contributed by atoms with E-state index < -0.39 is 5.97 Å². The van der Waals surface area contributed by atoms with Gasteiger partial charge in [-0.3, -0.25) is 4.68 Å². The molecule has 4 aliphatic carbocycles. The fourth-order valence-electron chi connectivity index (χ4n) is 11.9. The van der Waals surface area contributed by atoms with Crippen LogP contribution in [0.15, 0.2) is 42.6 Å². The first-order valence-corrected chi connectivity index (χ1v) is 21.2. The highest BCUT2D eigenvalue weighted by molar-refractivity contribution is 7.22. The molecule has 1 aromatic carbocycles. The van der Waals surface area contributed by atoms with Gasteiger partial charge in [-0.15, -0.1) is 10.2 Å². The number of aromatic nitrogens is 6. The number of anilines is 4. The van der Waals surface area contributed by atoms with Gasteiger partial charge in [-0.1, -0.05) is 37.3 Å². The van der Waals surface area contributed by atoms with Gasteiger partial charge in [-0.25, -0.2) is 14.8 Å². The number of ether oxygens (including phenoxy) is 1. The Bertz CT molecular complexity index is 2290. The average molecular weight is 792 g/mol. The summed E-state index contributed by atoms with van der Waals surface area (Å²) in [5.74, 6) is 0.818. The molecule has 0 radical (unpaired) electrons. The van der Waals surface area contributed by atoms with Crippen molar-refractivity contribution < 1.29 is 19.7 Å². The number of benzene rings is 1. The number of carbonyl (C=O) groups is 1.